The average molecular weight is 352 g/mol. The Labute approximate surface area is 133 Å². The Balaban J connectivity index is 1.95. The summed E-state index contributed by atoms with van der Waals surface area (Å²) in [5.41, 5.74) is 4.77. The van der Waals surface area contributed by atoms with Gasteiger partial charge in [-0.2, -0.15) is 0 Å². The lowest BCUT2D eigenvalue weighted by atomic mass is 10.00. The van der Waals surface area contributed by atoms with Gasteiger partial charge >= 0.3 is 0 Å². The molecular weight excluding hydrogens is 336 g/mol. The van der Waals surface area contributed by atoms with Crippen molar-refractivity contribution in [2.75, 3.05) is 0 Å². The molecule has 3 rings (SSSR count). The van der Waals surface area contributed by atoms with Crippen LogP contribution in [0.3, 0.4) is 0 Å². The van der Waals surface area contributed by atoms with Gasteiger partial charge in [-0.1, -0.05) is 51.8 Å². The van der Waals surface area contributed by atoms with Gasteiger partial charge in [0, 0.05) is 11.4 Å². The van der Waals surface area contributed by atoms with Crippen molar-refractivity contribution in [1.29, 1.82) is 0 Å². The summed E-state index contributed by atoms with van der Waals surface area (Å²) < 4.78 is 5.75. The topological polar surface area (TPSA) is 9.23 Å². The molecule has 0 bridgehead atoms. The summed E-state index contributed by atoms with van der Waals surface area (Å²) in [6.45, 7) is 4.15. The molecule has 0 saturated carbocycles. The summed E-state index contributed by atoms with van der Waals surface area (Å²) in [5.74, 6) is 1.01. The largest absolute Gasteiger partial charge is 0.490 e. The van der Waals surface area contributed by atoms with E-state index in [9.17, 15) is 0 Å². The van der Waals surface area contributed by atoms with Crippen molar-refractivity contribution in [2.24, 2.45) is 0 Å². The maximum Gasteiger partial charge on any atom is 0.123 e. The number of ether oxygens (including phenoxy) is 1. The highest BCUT2D eigenvalue weighted by Gasteiger charge is 2.21. The lowest BCUT2D eigenvalue weighted by Crippen LogP contribution is -2.05. The van der Waals surface area contributed by atoms with E-state index in [2.05, 4.69) is 53.2 Å². The van der Waals surface area contributed by atoms with Crippen molar-refractivity contribution in [2.45, 2.75) is 31.2 Å². The molecule has 2 aromatic rings. The van der Waals surface area contributed by atoms with E-state index in [-0.39, 0.29) is 10.9 Å². The first kappa shape index (κ1) is 14.0. The fourth-order valence-electron chi connectivity index (χ4n) is 2.62. The lowest BCUT2D eigenvalue weighted by Gasteiger charge is -2.14. The molecule has 2 unspecified atom stereocenters. The van der Waals surface area contributed by atoms with Crippen molar-refractivity contribution in [3.63, 3.8) is 0 Å². The predicted octanol–water partition coefficient (Wildman–Crippen LogP) is 5.46. The highest BCUT2D eigenvalue weighted by atomic mass is 79.9. The zero-order valence-corrected chi connectivity index (χ0v) is 13.8. The van der Waals surface area contributed by atoms with Gasteiger partial charge in [0.2, 0.25) is 0 Å². The molecule has 2 atom stereocenters. The van der Waals surface area contributed by atoms with Gasteiger partial charge in [0.15, 0.2) is 0 Å². The van der Waals surface area contributed by atoms with E-state index in [0.29, 0.717) is 0 Å². The van der Waals surface area contributed by atoms with E-state index in [4.69, 9.17) is 16.3 Å². The van der Waals surface area contributed by atoms with Crippen molar-refractivity contribution < 1.29 is 4.74 Å². The van der Waals surface area contributed by atoms with Crippen LogP contribution in [0.5, 0.6) is 5.75 Å². The summed E-state index contributed by atoms with van der Waals surface area (Å²) in [4.78, 5) is 0.108. The van der Waals surface area contributed by atoms with Crippen LogP contribution in [-0.2, 0) is 6.42 Å². The minimum absolute atomic E-state index is 0.108. The molecule has 0 fully saturated rings. The Kier molecular flexibility index (Phi) is 3.78. The van der Waals surface area contributed by atoms with E-state index < -0.39 is 0 Å². The Hall–Kier alpha value is -0.990. The highest BCUT2D eigenvalue weighted by molar-refractivity contribution is 9.09. The minimum atomic E-state index is 0.108. The molecule has 0 amide bonds. The third kappa shape index (κ3) is 2.59. The summed E-state index contributed by atoms with van der Waals surface area (Å²) in [6, 6.07) is 12.6. The Bertz CT molecular complexity index is 653. The van der Waals surface area contributed by atoms with Crippen molar-refractivity contribution in [3.8, 4) is 5.75 Å². The molecule has 1 aliphatic rings. The molecule has 3 heteroatoms. The number of hydrogen-bond donors (Lipinski definition) is 0. The van der Waals surface area contributed by atoms with Crippen LogP contribution < -0.4 is 4.74 Å². The van der Waals surface area contributed by atoms with Crippen molar-refractivity contribution in [1.82, 2.24) is 0 Å². The quantitative estimate of drug-likeness (QED) is 0.653. The molecule has 0 spiro atoms. The summed E-state index contributed by atoms with van der Waals surface area (Å²) in [7, 11) is 0. The second-order valence-corrected chi connectivity index (χ2v) is 6.71. The number of rotatable bonds is 2. The molecule has 1 nitrogen and oxygen atoms in total. The van der Waals surface area contributed by atoms with Crippen LogP contribution in [0.25, 0.3) is 0 Å². The van der Waals surface area contributed by atoms with Gasteiger partial charge in [-0.15, -0.1) is 0 Å². The van der Waals surface area contributed by atoms with Crippen LogP contribution in [0.15, 0.2) is 36.4 Å². The molecule has 20 heavy (non-hydrogen) atoms. The molecule has 0 aliphatic carbocycles. The van der Waals surface area contributed by atoms with Gasteiger partial charge in [-0.3, -0.25) is 0 Å². The van der Waals surface area contributed by atoms with Gasteiger partial charge < -0.3 is 4.74 Å². The average Bonchev–Trinajstić information content (AvgIpc) is 2.77. The number of alkyl halides is 1. The fourth-order valence-corrected chi connectivity index (χ4v) is 3.78. The van der Waals surface area contributed by atoms with Crippen LogP contribution >= 0.6 is 27.5 Å². The second-order valence-electron chi connectivity index (χ2n) is 5.39. The molecule has 0 radical (unpaired) electrons. The zero-order chi connectivity index (χ0) is 14.3. The van der Waals surface area contributed by atoms with E-state index in [1.165, 1.54) is 16.7 Å². The third-order valence-electron chi connectivity index (χ3n) is 3.64. The Morgan fingerprint density at radius 1 is 1.25 bits per heavy atom. The third-order valence-corrected chi connectivity index (χ3v) is 4.99. The SMILES string of the molecule is Cc1ccc(C(Br)c2ccc3c(c2)CC(C)O3)c(Cl)c1. The van der Waals surface area contributed by atoms with Crippen molar-refractivity contribution >= 4 is 27.5 Å². The smallest absolute Gasteiger partial charge is 0.123 e. The zero-order valence-electron chi connectivity index (χ0n) is 11.5. The molecule has 1 aliphatic heterocycles. The number of benzene rings is 2. The van der Waals surface area contributed by atoms with Gasteiger partial charge in [-0.05, 0) is 48.2 Å². The molecule has 1 heterocycles. The first-order chi connectivity index (χ1) is 9.54. The fraction of sp³-hybridized carbons (Fsp3) is 0.294. The number of halogens is 2. The van der Waals surface area contributed by atoms with Crippen LogP contribution in [0.4, 0.5) is 0 Å². The van der Waals surface area contributed by atoms with Gasteiger partial charge in [0.05, 0.1) is 4.83 Å². The van der Waals surface area contributed by atoms with Crippen LogP contribution in [0, 0.1) is 6.92 Å². The molecule has 0 N–H and O–H groups in total. The van der Waals surface area contributed by atoms with Crippen molar-refractivity contribution in [3.05, 3.63) is 63.7 Å². The maximum atomic E-state index is 6.36. The summed E-state index contributed by atoms with van der Waals surface area (Å²) in [5, 5.41) is 0.803. The van der Waals surface area contributed by atoms with E-state index in [0.717, 1.165) is 22.8 Å². The molecule has 104 valence electrons. The first-order valence-corrected chi connectivity index (χ1v) is 8.03. The monoisotopic (exact) mass is 350 g/mol. The number of fused-ring (bicyclic) bond motifs is 1. The van der Waals surface area contributed by atoms with E-state index in [1.54, 1.807) is 0 Å². The Morgan fingerprint density at radius 2 is 2.05 bits per heavy atom. The first-order valence-electron chi connectivity index (χ1n) is 6.74. The maximum absolute atomic E-state index is 6.36. The van der Waals surface area contributed by atoms with Gasteiger partial charge in [0.25, 0.3) is 0 Å². The standard InChI is InChI=1S/C17H16BrClO/c1-10-3-5-14(15(19)7-10)17(18)12-4-6-16-13(9-12)8-11(2)20-16/h3-7,9,11,17H,8H2,1-2H3. The molecule has 2 aromatic carbocycles. The summed E-state index contributed by atoms with van der Waals surface area (Å²) in [6.07, 6.45) is 1.25. The van der Waals surface area contributed by atoms with Gasteiger partial charge in [-0.25, -0.2) is 0 Å². The summed E-state index contributed by atoms with van der Waals surface area (Å²) >= 11 is 10.1. The van der Waals surface area contributed by atoms with Crippen LogP contribution in [0.1, 0.15) is 34.0 Å². The predicted molar refractivity (Wildman–Crippen MR) is 87.2 cm³/mol. The normalized spacial score (nSPS) is 18.5. The van der Waals surface area contributed by atoms with Crippen LogP contribution in [-0.4, -0.2) is 6.10 Å². The van der Waals surface area contributed by atoms with E-state index >= 15 is 0 Å². The minimum Gasteiger partial charge on any atom is -0.490 e. The lowest BCUT2D eigenvalue weighted by molar-refractivity contribution is 0.254. The number of aryl methyl sites for hydroxylation is 1. The molecular formula is C17H16BrClO. The van der Waals surface area contributed by atoms with E-state index in [1.807, 2.05) is 13.0 Å². The van der Waals surface area contributed by atoms with Crippen LogP contribution in [0.2, 0.25) is 5.02 Å². The second kappa shape index (κ2) is 5.42. The highest BCUT2D eigenvalue weighted by Crippen LogP contribution is 2.38. The molecule has 0 saturated heterocycles. The Morgan fingerprint density at radius 3 is 2.80 bits per heavy atom. The molecule has 0 aromatic heterocycles. The van der Waals surface area contributed by atoms with Gasteiger partial charge in [0.1, 0.15) is 11.9 Å². The number of hydrogen-bond acceptors (Lipinski definition) is 1.